The van der Waals surface area contributed by atoms with Gasteiger partial charge in [-0.15, -0.1) is 0 Å². The Hall–Kier alpha value is -1.90. The van der Waals surface area contributed by atoms with Crippen molar-refractivity contribution >= 4 is 11.6 Å². The number of fused-ring (bicyclic) bond motifs is 5. The van der Waals surface area contributed by atoms with Gasteiger partial charge in [0.05, 0.1) is 0 Å². The first-order chi connectivity index (χ1) is 13.4. The lowest BCUT2D eigenvalue weighted by molar-refractivity contribution is -0.134. The van der Waals surface area contributed by atoms with Gasteiger partial charge in [0.2, 0.25) is 0 Å². The normalized spacial score (nSPS) is 42.3. The molecule has 0 saturated heterocycles. The molecule has 0 bridgehead atoms. The molecule has 0 spiro atoms. The monoisotopic (exact) mass is 378 g/mol. The Morgan fingerprint density at radius 2 is 1.68 bits per heavy atom. The van der Waals surface area contributed by atoms with Crippen LogP contribution in [0.1, 0.15) is 58.8 Å². The van der Waals surface area contributed by atoms with Gasteiger partial charge in [-0.3, -0.25) is 9.59 Å². The van der Waals surface area contributed by atoms with Crippen molar-refractivity contribution in [2.24, 2.45) is 28.6 Å². The molecule has 3 fully saturated rings. The zero-order chi connectivity index (χ0) is 19.5. The Morgan fingerprint density at radius 3 is 2.46 bits per heavy atom. The third kappa shape index (κ3) is 2.54. The van der Waals surface area contributed by atoms with Crippen LogP contribution in [0.5, 0.6) is 5.75 Å². The molecule has 5 rings (SSSR count). The van der Waals surface area contributed by atoms with Crippen LogP contribution in [-0.4, -0.2) is 17.7 Å². The van der Waals surface area contributed by atoms with Gasteiger partial charge in [0.1, 0.15) is 17.6 Å². The van der Waals surface area contributed by atoms with Crippen LogP contribution in [0.3, 0.4) is 0 Å². The van der Waals surface area contributed by atoms with Crippen LogP contribution in [0.2, 0.25) is 0 Å². The van der Waals surface area contributed by atoms with Gasteiger partial charge in [-0.1, -0.05) is 32.0 Å². The van der Waals surface area contributed by atoms with Crippen molar-refractivity contribution in [2.75, 3.05) is 0 Å². The molecule has 3 saturated carbocycles. The summed E-state index contributed by atoms with van der Waals surface area (Å²) in [5.41, 5.74) is 1.09. The second-order valence-electron chi connectivity index (χ2n) is 9.93. The van der Waals surface area contributed by atoms with Crippen LogP contribution in [0.4, 0.5) is 0 Å². The number of ether oxygens (including phenoxy) is 1. The van der Waals surface area contributed by atoms with E-state index in [0.29, 0.717) is 30.0 Å². The summed E-state index contributed by atoms with van der Waals surface area (Å²) in [7, 11) is 0. The smallest absolute Gasteiger partial charge is 0.155 e. The Balaban J connectivity index is 1.55. The van der Waals surface area contributed by atoms with Gasteiger partial charge < -0.3 is 4.74 Å². The molecule has 0 unspecified atom stereocenters. The lowest BCUT2D eigenvalue weighted by Crippen LogP contribution is -2.55. The van der Waals surface area contributed by atoms with Crippen molar-refractivity contribution in [3.05, 3.63) is 42.0 Å². The zero-order valence-corrected chi connectivity index (χ0v) is 16.9. The minimum atomic E-state index is -0.138. The summed E-state index contributed by atoms with van der Waals surface area (Å²) in [6.07, 6.45) is 8.23. The van der Waals surface area contributed by atoms with Crippen LogP contribution in [0.15, 0.2) is 42.0 Å². The number of hydrogen-bond acceptors (Lipinski definition) is 3. The van der Waals surface area contributed by atoms with Gasteiger partial charge >= 0.3 is 0 Å². The van der Waals surface area contributed by atoms with Crippen molar-refractivity contribution in [2.45, 2.75) is 64.9 Å². The average Bonchev–Trinajstić information content (AvgIpc) is 2.99. The van der Waals surface area contributed by atoms with E-state index in [2.05, 4.69) is 13.8 Å². The SMILES string of the molecule is C[C@]12CCC(=O)C=C1[C@H](Oc1ccccc1)C[C@@H]1[C@@H]2CC[C@]2(C)C(=O)CC[C@@H]12. The molecule has 0 amide bonds. The molecular weight excluding hydrogens is 348 g/mol. The first-order valence-electron chi connectivity index (χ1n) is 10.9. The van der Waals surface area contributed by atoms with E-state index in [-0.39, 0.29) is 22.7 Å². The minimum Gasteiger partial charge on any atom is -0.486 e. The van der Waals surface area contributed by atoms with E-state index in [1.54, 1.807) is 0 Å². The van der Waals surface area contributed by atoms with E-state index in [4.69, 9.17) is 4.74 Å². The van der Waals surface area contributed by atoms with E-state index < -0.39 is 0 Å². The predicted octanol–water partition coefficient (Wildman–Crippen LogP) is 5.14. The van der Waals surface area contributed by atoms with E-state index in [9.17, 15) is 9.59 Å². The summed E-state index contributed by atoms with van der Waals surface area (Å²) in [4.78, 5) is 25.0. The number of ketones is 2. The largest absolute Gasteiger partial charge is 0.486 e. The van der Waals surface area contributed by atoms with Crippen molar-refractivity contribution in [3.8, 4) is 5.75 Å². The molecular formula is C25H30O3. The minimum absolute atomic E-state index is 0.0171. The molecule has 4 aliphatic carbocycles. The van der Waals surface area contributed by atoms with Crippen molar-refractivity contribution < 1.29 is 14.3 Å². The molecule has 3 heteroatoms. The van der Waals surface area contributed by atoms with Crippen LogP contribution in [-0.2, 0) is 9.59 Å². The summed E-state index contributed by atoms with van der Waals surface area (Å²) in [6, 6.07) is 9.98. The summed E-state index contributed by atoms with van der Waals surface area (Å²) in [5, 5.41) is 0. The summed E-state index contributed by atoms with van der Waals surface area (Å²) in [6.45, 7) is 4.58. The summed E-state index contributed by atoms with van der Waals surface area (Å²) >= 11 is 0. The van der Waals surface area contributed by atoms with E-state index in [1.807, 2.05) is 36.4 Å². The van der Waals surface area contributed by atoms with Gasteiger partial charge in [-0.05, 0) is 79.1 Å². The summed E-state index contributed by atoms with van der Waals surface area (Å²) in [5.74, 6) is 3.12. The Kier molecular flexibility index (Phi) is 4.08. The molecule has 0 aromatic heterocycles. The Morgan fingerprint density at radius 1 is 0.929 bits per heavy atom. The second kappa shape index (κ2) is 6.30. The highest BCUT2D eigenvalue weighted by atomic mass is 16.5. The van der Waals surface area contributed by atoms with Gasteiger partial charge in [-0.25, -0.2) is 0 Å². The first kappa shape index (κ1) is 18.1. The summed E-state index contributed by atoms with van der Waals surface area (Å²) < 4.78 is 6.49. The molecule has 6 atom stereocenters. The molecule has 1 aromatic rings. The van der Waals surface area contributed by atoms with Gasteiger partial charge in [0.25, 0.3) is 0 Å². The number of hydrogen-bond donors (Lipinski definition) is 0. The van der Waals surface area contributed by atoms with Crippen LogP contribution in [0.25, 0.3) is 0 Å². The molecule has 1 aromatic carbocycles. The fraction of sp³-hybridized carbons (Fsp3) is 0.600. The number of Topliss-reactive ketones (excluding diaryl/α,β-unsaturated/α-hetero) is 1. The Bertz CT molecular complexity index is 841. The zero-order valence-electron chi connectivity index (χ0n) is 16.9. The topological polar surface area (TPSA) is 43.4 Å². The third-order valence-electron chi connectivity index (χ3n) is 8.69. The number of benzene rings is 1. The lowest BCUT2D eigenvalue weighted by atomic mass is 9.47. The molecule has 3 nitrogen and oxygen atoms in total. The maximum Gasteiger partial charge on any atom is 0.155 e. The molecule has 0 aliphatic heterocycles. The average molecular weight is 379 g/mol. The maximum absolute atomic E-state index is 12.7. The lowest BCUT2D eigenvalue weighted by Gasteiger charge is -2.58. The highest BCUT2D eigenvalue weighted by Gasteiger charge is 2.61. The van der Waals surface area contributed by atoms with Crippen molar-refractivity contribution in [1.29, 1.82) is 0 Å². The van der Waals surface area contributed by atoms with E-state index >= 15 is 0 Å². The molecule has 28 heavy (non-hydrogen) atoms. The number of carbonyl (C=O) groups is 2. The number of rotatable bonds is 2. The van der Waals surface area contributed by atoms with Crippen molar-refractivity contribution in [1.82, 2.24) is 0 Å². The molecule has 0 radical (unpaired) electrons. The number of carbonyl (C=O) groups excluding carboxylic acids is 2. The quantitative estimate of drug-likeness (QED) is 0.715. The van der Waals surface area contributed by atoms with Crippen LogP contribution < -0.4 is 4.74 Å². The maximum atomic E-state index is 12.7. The predicted molar refractivity (Wildman–Crippen MR) is 108 cm³/mol. The Labute approximate surface area is 167 Å². The number of para-hydroxylation sites is 1. The van der Waals surface area contributed by atoms with E-state index in [0.717, 1.165) is 44.3 Å². The molecule has 4 aliphatic rings. The second-order valence-corrected chi connectivity index (χ2v) is 9.93. The van der Waals surface area contributed by atoms with Gasteiger partial charge in [0.15, 0.2) is 5.78 Å². The molecule has 0 heterocycles. The molecule has 0 N–H and O–H groups in total. The van der Waals surface area contributed by atoms with Crippen LogP contribution >= 0.6 is 0 Å². The fourth-order valence-electron chi connectivity index (χ4n) is 7.13. The highest BCUT2D eigenvalue weighted by molar-refractivity contribution is 5.92. The van der Waals surface area contributed by atoms with E-state index in [1.165, 1.54) is 5.57 Å². The molecule has 148 valence electrons. The van der Waals surface area contributed by atoms with Crippen molar-refractivity contribution in [3.63, 3.8) is 0 Å². The van der Waals surface area contributed by atoms with Crippen LogP contribution in [0, 0.1) is 28.6 Å². The standard InChI is InChI=1S/C25H30O3/c1-24-12-10-16(26)14-21(24)22(28-17-6-4-3-5-7-17)15-18-19-8-9-23(27)25(19,2)13-11-20(18)24/h3-7,14,18-20,22H,8-13,15H2,1-2H3/t18-,19-,20-,22+,24+,25-/m0/s1. The van der Waals surface area contributed by atoms with Gasteiger partial charge in [-0.2, -0.15) is 0 Å². The fourth-order valence-corrected chi connectivity index (χ4v) is 7.13. The first-order valence-corrected chi connectivity index (χ1v) is 10.9. The third-order valence-corrected chi connectivity index (χ3v) is 8.69. The van der Waals surface area contributed by atoms with Gasteiger partial charge in [0, 0.05) is 18.3 Å². The highest BCUT2D eigenvalue weighted by Crippen LogP contribution is 2.64.